The van der Waals surface area contributed by atoms with Crippen LogP contribution >= 0.6 is 11.8 Å². The molecule has 0 amide bonds. The SMILES string of the molecule is c1cc2[nH]ncc2cc1NC1CCCSC1. The van der Waals surface area contributed by atoms with E-state index in [0.717, 1.165) is 5.52 Å². The zero-order valence-corrected chi connectivity index (χ0v) is 9.89. The number of aromatic nitrogens is 2. The van der Waals surface area contributed by atoms with Crippen molar-refractivity contribution >= 4 is 28.4 Å². The first kappa shape index (κ1) is 10.0. The molecular formula is C12H15N3S. The second-order valence-corrected chi connectivity index (χ2v) is 5.38. The first-order chi connectivity index (χ1) is 7.92. The molecule has 1 atom stereocenters. The number of benzene rings is 1. The number of H-pyrrole nitrogens is 1. The number of anilines is 1. The van der Waals surface area contributed by atoms with Gasteiger partial charge in [-0.15, -0.1) is 0 Å². The van der Waals surface area contributed by atoms with E-state index in [1.807, 2.05) is 18.0 Å². The van der Waals surface area contributed by atoms with E-state index in [1.165, 1.54) is 35.4 Å². The number of aromatic amines is 1. The molecule has 84 valence electrons. The molecule has 0 bridgehead atoms. The molecule has 3 nitrogen and oxygen atoms in total. The van der Waals surface area contributed by atoms with Crippen LogP contribution in [0.2, 0.25) is 0 Å². The smallest absolute Gasteiger partial charge is 0.0651 e. The van der Waals surface area contributed by atoms with E-state index in [0.29, 0.717) is 6.04 Å². The summed E-state index contributed by atoms with van der Waals surface area (Å²) in [5.74, 6) is 2.54. The average Bonchev–Trinajstić information content (AvgIpc) is 2.77. The van der Waals surface area contributed by atoms with Gasteiger partial charge in [0.2, 0.25) is 0 Å². The van der Waals surface area contributed by atoms with Crippen LogP contribution in [0.4, 0.5) is 5.69 Å². The van der Waals surface area contributed by atoms with E-state index in [-0.39, 0.29) is 0 Å². The molecule has 1 saturated heterocycles. The van der Waals surface area contributed by atoms with Gasteiger partial charge in [-0.2, -0.15) is 16.9 Å². The Balaban J connectivity index is 1.77. The Morgan fingerprint density at radius 3 is 3.31 bits per heavy atom. The highest BCUT2D eigenvalue weighted by Gasteiger charge is 2.13. The maximum Gasteiger partial charge on any atom is 0.0651 e. The molecular weight excluding hydrogens is 218 g/mol. The lowest BCUT2D eigenvalue weighted by Gasteiger charge is -2.23. The van der Waals surface area contributed by atoms with E-state index in [2.05, 4.69) is 33.7 Å². The number of nitrogens with zero attached hydrogens (tertiary/aromatic N) is 1. The minimum absolute atomic E-state index is 0.628. The molecule has 2 aromatic rings. The summed E-state index contributed by atoms with van der Waals surface area (Å²) < 4.78 is 0. The molecule has 16 heavy (non-hydrogen) atoms. The van der Waals surface area contributed by atoms with Crippen molar-refractivity contribution in [3.63, 3.8) is 0 Å². The molecule has 1 aromatic carbocycles. The van der Waals surface area contributed by atoms with Gasteiger partial charge in [0.15, 0.2) is 0 Å². The summed E-state index contributed by atoms with van der Waals surface area (Å²) in [7, 11) is 0. The van der Waals surface area contributed by atoms with Gasteiger partial charge in [0, 0.05) is 22.9 Å². The summed E-state index contributed by atoms with van der Waals surface area (Å²) in [5, 5.41) is 11.8. The summed E-state index contributed by atoms with van der Waals surface area (Å²) in [4.78, 5) is 0. The van der Waals surface area contributed by atoms with Crippen molar-refractivity contribution in [3.8, 4) is 0 Å². The Labute approximate surface area is 99.0 Å². The molecule has 1 aliphatic rings. The standard InChI is InChI=1S/C12H15N3S/c1-2-11(8-16-5-1)14-10-3-4-12-9(6-10)7-13-15-12/h3-4,6-7,11,14H,1-2,5,8H2,(H,13,15). The van der Waals surface area contributed by atoms with Gasteiger partial charge in [-0.3, -0.25) is 5.10 Å². The van der Waals surface area contributed by atoms with E-state index >= 15 is 0 Å². The van der Waals surface area contributed by atoms with Crippen molar-refractivity contribution < 1.29 is 0 Å². The second-order valence-electron chi connectivity index (χ2n) is 4.23. The largest absolute Gasteiger partial charge is 0.381 e. The van der Waals surface area contributed by atoms with E-state index < -0.39 is 0 Å². The summed E-state index contributed by atoms with van der Waals surface area (Å²) in [6, 6.07) is 7.00. The van der Waals surface area contributed by atoms with Gasteiger partial charge in [-0.1, -0.05) is 0 Å². The Morgan fingerprint density at radius 2 is 2.44 bits per heavy atom. The fourth-order valence-electron chi connectivity index (χ4n) is 2.12. The summed E-state index contributed by atoms with van der Waals surface area (Å²) >= 11 is 2.05. The number of nitrogens with one attached hydrogen (secondary N) is 2. The first-order valence-corrected chi connectivity index (χ1v) is 6.85. The highest BCUT2D eigenvalue weighted by molar-refractivity contribution is 7.99. The Hall–Kier alpha value is -1.16. The third-order valence-electron chi connectivity index (χ3n) is 2.97. The third-order valence-corrected chi connectivity index (χ3v) is 4.19. The Morgan fingerprint density at radius 1 is 1.44 bits per heavy atom. The Kier molecular flexibility index (Phi) is 2.74. The van der Waals surface area contributed by atoms with Gasteiger partial charge in [-0.25, -0.2) is 0 Å². The minimum atomic E-state index is 0.628. The van der Waals surface area contributed by atoms with E-state index in [1.54, 1.807) is 0 Å². The van der Waals surface area contributed by atoms with Crippen molar-refractivity contribution in [2.45, 2.75) is 18.9 Å². The van der Waals surface area contributed by atoms with Crippen molar-refractivity contribution in [2.24, 2.45) is 0 Å². The Bertz CT molecular complexity index is 474. The van der Waals surface area contributed by atoms with Gasteiger partial charge in [0.05, 0.1) is 11.7 Å². The molecule has 0 radical (unpaired) electrons. The fraction of sp³-hybridized carbons (Fsp3) is 0.417. The minimum Gasteiger partial charge on any atom is -0.381 e. The highest BCUT2D eigenvalue weighted by Crippen LogP contribution is 2.22. The van der Waals surface area contributed by atoms with Crippen molar-refractivity contribution in [3.05, 3.63) is 24.4 Å². The quantitative estimate of drug-likeness (QED) is 0.838. The van der Waals surface area contributed by atoms with Crippen LogP contribution in [0, 0.1) is 0 Å². The molecule has 3 rings (SSSR count). The second kappa shape index (κ2) is 4.37. The van der Waals surface area contributed by atoms with Crippen LogP contribution in [-0.4, -0.2) is 27.7 Å². The zero-order valence-electron chi connectivity index (χ0n) is 9.07. The van der Waals surface area contributed by atoms with Gasteiger partial charge < -0.3 is 5.32 Å². The van der Waals surface area contributed by atoms with Crippen molar-refractivity contribution in [1.29, 1.82) is 0 Å². The summed E-state index contributed by atoms with van der Waals surface area (Å²) in [6.45, 7) is 0. The molecule has 2 N–H and O–H groups in total. The number of thioether (sulfide) groups is 1. The number of hydrogen-bond acceptors (Lipinski definition) is 3. The maximum atomic E-state index is 4.03. The molecule has 2 heterocycles. The summed E-state index contributed by atoms with van der Waals surface area (Å²) in [6.07, 6.45) is 4.49. The normalized spacial score (nSPS) is 21.1. The van der Waals surface area contributed by atoms with E-state index in [9.17, 15) is 0 Å². The summed E-state index contributed by atoms with van der Waals surface area (Å²) in [5.41, 5.74) is 2.31. The predicted octanol–water partition coefficient (Wildman–Crippen LogP) is 2.87. The van der Waals surface area contributed by atoms with Crippen LogP contribution in [0.5, 0.6) is 0 Å². The fourth-order valence-corrected chi connectivity index (χ4v) is 3.19. The number of hydrogen-bond donors (Lipinski definition) is 2. The molecule has 1 aromatic heterocycles. The van der Waals surface area contributed by atoms with Gasteiger partial charge >= 0.3 is 0 Å². The predicted molar refractivity (Wildman–Crippen MR) is 70.1 cm³/mol. The molecule has 4 heteroatoms. The monoisotopic (exact) mass is 233 g/mol. The van der Waals surface area contributed by atoms with Crippen LogP contribution in [0.3, 0.4) is 0 Å². The van der Waals surface area contributed by atoms with E-state index in [4.69, 9.17) is 0 Å². The van der Waals surface area contributed by atoms with Crippen LogP contribution < -0.4 is 5.32 Å². The maximum absolute atomic E-state index is 4.03. The zero-order chi connectivity index (χ0) is 10.8. The van der Waals surface area contributed by atoms with Gasteiger partial charge in [-0.05, 0) is 36.8 Å². The lowest BCUT2D eigenvalue weighted by molar-refractivity contribution is 0.685. The van der Waals surface area contributed by atoms with Crippen LogP contribution in [0.25, 0.3) is 10.9 Å². The van der Waals surface area contributed by atoms with Crippen LogP contribution in [0.15, 0.2) is 24.4 Å². The topological polar surface area (TPSA) is 40.7 Å². The first-order valence-electron chi connectivity index (χ1n) is 5.69. The highest BCUT2D eigenvalue weighted by atomic mass is 32.2. The van der Waals surface area contributed by atoms with Gasteiger partial charge in [0.25, 0.3) is 0 Å². The third kappa shape index (κ3) is 2.02. The van der Waals surface area contributed by atoms with Crippen LogP contribution in [0.1, 0.15) is 12.8 Å². The van der Waals surface area contributed by atoms with Gasteiger partial charge in [0.1, 0.15) is 0 Å². The molecule has 1 unspecified atom stereocenters. The van der Waals surface area contributed by atoms with Crippen molar-refractivity contribution in [1.82, 2.24) is 10.2 Å². The number of rotatable bonds is 2. The van der Waals surface area contributed by atoms with Crippen LogP contribution in [-0.2, 0) is 0 Å². The molecule has 0 aliphatic carbocycles. The van der Waals surface area contributed by atoms with Crippen molar-refractivity contribution in [2.75, 3.05) is 16.8 Å². The molecule has 0 saturated carbocycles. The number of fused-ring (bicyclic) bond motifs is 1. The average molecular weight is 233 g/mol. The lowest BCUT2D eigenvalue weighted by Crippen LogP contribution is -2.25. The lowest BCUT2D eigenvalue weighted by atomic mass is 10.1. The molecule has 0 spiro atoms. The molecule has 1 aliphatic heterocycles. The molecule has 1 fully saturated rings.